The first-order valence-corrected chi connectivity index (χ1v) is 13.1. The quantitative estimate of drug-likeness (QED) is 0.366. The van der Waals surface area contributed by atoms with E-state index in [-0.39, 0.29) is 6.04 Å². The molecular weight excluding hydrogens is 329 g/mol. The molecule has 152 valence electrons. The van der Waals surface area contributed by atoms with Gasteiger partial charge in [-0.15, -0.1) is 0 Å². The van der Waals surface area contributed by atoms with Gasteiger partial charge in [0.05, 0.1) is 24.6 Å². The molecule has 0 rings (SSSR count). The van der Waals surface area contributed by atoms with Crippen molar-refractivity contribution in [1.29, 1.82) is 0 Å². The molecule has 0 fully saturated rings. The van der Waals surface area contributed by atoms with Crippen molar-refractivity contribution < 1.29 is 9.90 Å². The third kappa shape index (κ3) is 14.7. The number of rotatable bonds is 14. The zero-order valence-corrected chi connectivity index (χ0v) is 19.2. The largest absolute Gasteiger partial charge is 0.480 e. The summed E-state index contributed by atoms with van der Waals surface area (Å²) in [6.45, 7) is 11.1. The highest BCUT2D eigenvalue weighted by Gasteiger charge is 2.34. The second kappa shape index (κ2) is 17.3. The highest BCUT2D eigenvalue weighted by atomic mass is 31.2. The van der Waals surface area contributed by atoms with Gasteiger partial charge in [-0.25, -0.2) is 0 Å². The molecule has 0 aliphatic heterocycles. The summed E-state index contributed by atoms with van der Waals surface area (Å²) in [6, 6.07) is -0.380. The number of carboxylic acid groups (broad SMARTS) is 1. The predicted octanol–water partition coefficient (Wildman–Crippen LogP) is 6.23. The summed E-state index contributed by atoms with van der Waals surface area (Å²) in [4.78, 5) is 11.7. The Hall–Kier alpha value is -0.140. The van der Waals surface area contributed by atoms with Gasteiger partial charge >= 0.3 is 5.97 Å². The first-order chi connectivity index (χ1) is 11.8. The number of unbranched alkanes of at least 4 members (excludes halogenated alkanes) is 4. The lowest BCUT2D eigenvalue weighted by Gasteiger charge is -2.28. The van der Waals surface area contributed by atoms with E-state index in [0.717, 1.165) is 0 Å². The molecule has 0 bridgehead atoms. The molecule has 0 saturated carbocycles. The van der Waals surface area contributed by atoms with Crippen LogP contribution in [0.15, 0.2) is 0 Å². The molecule has 0 heterocycles. The highest BCUT2D eigenvalue weighted by molar-refractivity contribution is 7.75. The minimum Gasteiger partial charge on any atom is -0.480 e. The lowest BCUT2D eigenvalue weighted by Crippen LogP contribution is -2.32. The standard InChI is InChI=1S/C16H36P.C5H11NO2/c1-5-9-13-17(14-10-6-2,15-11-7-3)16-12-8-4;1-4(5(7)8)6(2)3/h5-16H2,1-4H3;4H,1-3H3,(H,7,8)/q+1;. The van der Waals surface area contributed by atoms with Gasteiger partial charge < -0.3 is 5.11 Å². The maximum Gasteiger partial charge on any atom is 0.320 e. The fourth-order valence-corrected chi connectivity index (χ4v) is 8.16. The minimum atomic E-state index is -0.782. The van der Waals surface area contributed by atoms with Crippen molar-refractivity contribution >= 4 is 13.2 Å². The molecule has 25 heavy (non-hydrogen) atoms. The molecule has 0 aliphatic rings. The molecule has 0 aromatic rings. The molecule has 0 aliphatic carbocycles. The van der Waals surface area contributed by atoms with Crippen LogP contribution in [0, 0.1) is 0 Å². The van der Waals surface area contributed by atoms with Crippen molar-refractivity contribution in [3.63, 3.8) is 0 Å². The van der Waals surface area contributed by atoms with Crippen LogP contribution >= 0.6 is 7.26 Å². The van der Waals surface area contributed by atoms with Crippen LogP contribution in [0.4, 0.5) is 0 Å². The van der Waals surface area contributed by atoms with Crippen LogP contribution < -0.4 is 0 Å². The molecule has 1 atom stereocenters. The predicted molar refractivity (Wildman–Crippen MR) is 117 cm³/mol. The fraction of sp³-hybridized carbons (Fsp3) is 0.952. The summed E-state index contributed by atoms with van der Waals surface area (Å²) in [5.74, 6) is -0.782. The van der Waals surface area contributed by atoms with E-state index in [9.17, 15) is 4.79 Å². The molecule has 0 aromatic heterocycles. The molecule has 0 saturated heterocycles. The van der Waals surface area contributed by atoms with Crippen molar-refractivity contribution in [2.24, 2.45) is 0 Å². The van der Waals surface area contributed by atoms with E-state index in [1.54, 1.807) is 50.6 Å². The summed E-state index contributed by atoms with van der Waals surface area (Å²) in [5, 5.41) is 8.31. The lowest BCUT2D eigenvalue weighted by molar-refractivity contribution is -0.141. The smallest absolute Gasteiger partial charge is 0.320 e. The Kier molecular flexibility index (Phi) is 18.7. The number of nitrogens with zero attached hydrogens (tertiary/aromatic N) is 1. The molecule has 0 aromatic carbocycles. The van der Waals surface area contributed by atoms with Crippen LogP contribution in [0.5, 0.6) is 0 Å². The van der Waals surface area contributed by atoms with Crippen molar-refractivity contribution in [3.05, 3.63) is 0 Å². The topological polar surface area (TPSA) is 40.5 Å². The van der Waals surface area contributed by atoms with E-state index >= 15 is 0 Å². The molecule has 1 N–H and O–H groups in total. The van der Waals surface area contributed by atoms with E-state index in [2.05, 4.69) is 27.7 Å². The maximum absolute atomic E-state index is 10.1. The summed E-state index contributed by atoms with van der Waals surface area (Å²) in [6.07, 6.45) is 17.9. The minimum absolute atomic E-state index is 0.380. The maximum atomic E-state index is 10.1. The number of carboxylic acids is 1. The number of hydrogen-bond acceptors (Lipinski definition) is 2. The number of hydrogen-bond donors (Lipinski definition) is 1. The van der Waals surface area contributed by atoms with E-state index in [0.29, 0.717) is 0 Å². The summed E-state index contributed by atoms with van der Waals surface area (Å²) in [5.41, 5.74) is 0. The first-order valence-electron chi connectivity index (χ1n) is 10.5. The Balaban J connectivity index is 0. The van der Waals surface area contributed by atoms with E-state index in [1.165, 1.54) is 51.4 Å². The van der Waals surface area contributed by atoms with Crippen molar-refractivity contribution in [3.8, 4) is 0 Å². The van der Waals surface area contributed by atoms with Crippen molar-refractivity contribution in [1.82, 2.24) is 4.90 Å². The van der Waals surface area contributed by atoms with E-state index in [4.69, 9.17) is 5.11 Å². The average molecular weight is 377 g/mol. The van der Waals surface area contributed by atoms with Crippen LogP contribution in [0.2, 0.25) is 0 Å². The fourth-order valence-electron chi connectivity index (χ4n) is 2.87. The zero-order valence-electron chi connectivity index (χ0n) is 18.3. The molecule has 0 spiro atoms. The second-order valence-corrected chi connectivity index (χ2v) is 12.1. The van der Waals surface area contributed by atoms with Crippen molar-refractivity contribution in [2.45, 2.75) is 92.0 Å². The van der Waals surface area contributed by atoms with Crippen LogP contribution in [0.1, 0.15) is 86.0 Å². The number of carbonyl (C=O) groups is 1. The molecular formula is C21H47NO2P+. The van der Waals surface area contributed by atoms with Gasteiger partial charge in [0, 0.05) is 7.26 Å². The van der Waals surface area contributed by atoms with E-state index < -0.39 is 13.2 Å². The Morgan fingerprint density at radius 1 is 0.800 bits per heavy atom. The summed E-state index contributed by atoms with van der Waals surface area (Å²) >= 11 is 0. The second-order valence-electron chi connectivity index (χ2n) is 7.63. The molecule has 0 radical (unpaired) electrons. The highest BCUT2D eigenvalue weighted by Crippen LogP contribution is 2.61. The van der Waals surface area contributed by atoms with Gasteiger partial charge in [0.25, 0.3) is 0 Å². The number of likely N-dealkylation sites (N-methyl/N-ethyl adjacent to an activating group) is 1. The third-order valence-electron chi connectivity index (χ3n) is 5.08. The Morgan fingerprint density at radius 2 is 1.08 bits per heavy atom. The number of aliphatic carboxylic acids is 1. The third-order valence-corrected chi connectivity index (χ3v) is 10.1. The van der Waals surface area contributed by atoms with Gasteiger partial charge in [-0.1, -0.05) is 53.4 Å². The molecule has 0 amide bonds. The van der Waals surface area contributed by atoms with Gasteiger partial charge in [-0.05, 0) is 46.7 Å². The summed E-state index contributed by atoms with van der Waals surface area (Å²) in [7, 11) is 2.91. The molecule has 4 heteroatoms. The van der Waals surface area contributed by atoms with Gasteiger partial charge in [-0.3, -0.25) is 9.69 Å². The Bertz CT molecular complexity index is 271. The summed E-state index contributed by atoms with van der Waals surface area (Å²) < 4.78 is 0. The van der Waals surface area contributed by atoms with Gasteiger partial charge in [0.1, 0.15) is 6.04 Å². The Morgan fingerprint density at radius 3 is 1.20 bits per heavy atom. The van der Waals surface area contributed by atoms with Gasteiger partial charge in [0.15, 0.2) is 0 Å². The SMILES string of the molecule is CC(C(=O)O)N(C)C.CCCC[P+](CCCC)(CCCC)CCCC. The van der Waals surface area contributed by atoms with Crippen molar-refractivity contribution in [2.75, 3.05) is 38.7 Å². The monoisotopic (exact) mass is 376 g/mol. The van der Waals surface area contributed by atoms with Crippen LogP contribution in [0.3, 0.4) is 0 Å². The Labute approximate surface area is 159 Å². The zero-order chi connectivity index (χ0) is 19.7. The van der Waals surface area contributed by atoms with Crippen LogP contribution in [-0.2, 0) is 4.79 Å². The average Bonchev–Trinajstić information content (AvgIpc) is 2.60. The molecule has 3 nitrogen and oxygen atoms in total. The molecule has 1 unspecified atom stereocenters. The first kappa shape index (κ1) is 27.1. The van der Waals surface area contributed by atoms with E-state index in [1.807, 2.05) is 0 Å². The lowest BCUT2D eigenvalue weighted by atomic mass is 10.3. The normalized spacial score (nSPS) is 12.6. The van der Waals surface area contributed by atoms with Crippen LogP contribution in [-0.4, -0.2) is 60.8 Å². The van der Waals surface area contributed by atoms with Gasteiger partial charge in [0.2, 0.25) is 0 Å². The van der Waals surface area contributed by atoms with Gasteiger partial charge in [-0.2, -0.15) is 0 Å². The van der Waals surface area contributed by atoms with Crippen LogP contribution in [0.25, 0.3) is 0 Å².